The van der Waals surface area contributed by atoms with E-state index in [1.54, 1.807) is 0 Å². The van der Waals surface area contributed by atoms with E-state index in [1.165, 1.54) is 26.0 Å². The maximum Gasteiger partial charge on any atom is 0.433 e. The van der Waals surface area contributed by atoms with E-state index in [0.717, 1.165) is 6.20 Å². The summed E-state index contributed by atoms with van der Waals surface area (Å²) in [5, 5.41) is 8.71. The van der Waals surface area contributed by atoms with E-state index >= 15 is 0 Å². The zero-order chi connectivity index (χ0) is 12.6. The molecule has 6 heteroatoms. The summed E-state index contributed by atoms with van der Waals surface area (Å²) in [6.45, 7) is 2.80. The highest BCUT2D eigenvalue weighted by Crippen LogP contribution is 2.39. The molecule has 1 aromatic heterocycles. The molecule has 0 fully saturated rings. The second-order valence-electron chi connectivity index (χ2n) is 4.00. The second kappa shape index (κ2) is 4.25. The number of aliphatic hydroxyl groups is 1. The van der Waals surface area contributed by atoms with Crippen LogP contribution < -0.4 is 0 Å². The molecule has 90 valence electrons. The lowest BCUT2D eigenvalue weighted by atomic mass is 9.96. The Morgan fingerprint density at radius 3 is 2.38 bits per heavy atom. The fourth-order valence-electron chi connectivity index (χ4n) is 1.26. The number of alkyl halides is 3. The minimum atomic E-state index is -4.54. The van der Waals surface area contributed by atoms with Crippen molar-refractivity contribution in [2.24, 2.45) is 0 Å². The summed E-state index contributed by atoms with van der Waals surface area (Å²) in [5.41, 5.74) is -2.48. The van der Waals surface area contributed by atoms with E-state index in [0.29, 0.717) is 0 Å². The van der Waals surface area contributed by atoms with Crippen molar-refractivity contribution in [2.75, 3.05) is 0 Å². The first-order chi connectivity index (χ1) is 7.14. The molecule has 0 aliphatic heterocycles. The van der Waals surface area contributed by atoms with Gasteiger partial charge in [0, 0.05) is 6.20 Å². The van der Waals surface area contributed by atoms with Crippen LogP contribution in [0.15, 0.2) is 18.3 Å². The third-order valence-electron chi connectivity index (χ3n) is 2.07. The highest BCUT2D eigenvalue weighted by Gasteiger charge is 2.39. The molecule has 1 atom stereocenters. The Hall–Kier alpha value is -0.750. The first-order valence-corrected chi connectivity index (χ1v) is 5.08. The lowest BCUT2D eigenvalue weighted by Gasteiger charge is -2.27. The summed E-state index contributed by atoms with van der Waals surface area (Å²) in [7, 11) is 0. The van der Waals surface area contributed by atoms with Gasteiger partial charge in [-0.1, -0.05) is 6.07 Å². The average Bonchev–Trinajstić information content (AvgIpc) is 2.14. The molecule has 0 aliphatic rings. The van der Waals surface area contributed by atoms with Crippen LogP contribution in [0.5, 0.6) is 0 Å². The largest absolute Gasteiger partial charge is 0.433 e. The van der Waals surface area contributed by atoms with Crippen molar-refractivity contribution in [1.82, 2.24) is 4.98 Å². The van der Waals surface area contributed by atoms with Crippen molar-refractivity contribution >= 4 is 12.6 Å². The van der Waals surface area contributed by atoms with Crippen LogP contribution in [-0.4, -0.2) is 15.7 Å². The molecule has 1 N–H and O–H groups in total. The number of hydrogen-bond donors (Lipinski definition) is 2. The van der Waals surface area contributed by atoms with Crippen LogP contribution in [0.2, 0.25) is 0 Å². The van der Waals surface area contributed by atoms with Gasteiger partial charge in [0.15, 0.2) is 0 Å². The number of halogens is 3. The van der Waals surface area contributed by atoms with Gasteiger partial charge in [0.2, 0.25) is 0 Å². The van der Waals surface area contributed by atoms with Gasteiger partial charge in [-0.25, -0.2) is 0 Å². The predicted molar refractivity (Wildman–Crippen MR) is 57.3 cm³/mol. The van der Waals surface area contributed by atoms with Crippen molar-refractivity contribution < 1.29 is 18.3 Å². The van der Waals surface area contributed by atoms with Gasteiger partial charge in [0.25, 0.3) is 0 Å². The van der Waals surface area contributed by atoms with Crippen molar-refractivity contribution in [3.63, 3.8) is 0 Å². The van der Waals surface area contributed by atoms with Gasteiger partial charge >= 0.3 is 6.18 Å². The van der Waals surface area contributed by atoms with Crippen LogP contribution >= 0.6 is 12.6 Å². The molecule has 0 saturated carbocycles. The van der Waals surface area contributed by atoms with Crippen LogP contribution in [0.3, 0.4) is 0 Å². The van der Waals surface area contributed by atoms with Gasteiger partial charge in [0.05, 0.1) is 10.9 Å². The SMILES string of the molecule is CC(C)(O)[C@@H](S)c1cccnc1C(F)(F)F. The number of nitrogens with zero attached hydrogens (tertiary/aromatic N) is 1. The summed E-state index contributed by atoms with van der Waals surface area (Å²) in [4.78, 5) is 3.30. The summed E-state index contributed by atoms with van der Waals surface area (Å²) in [6, 6.07) is 2.66. The highest BCUT2D eigenvalue weighted by molar-refractivity contribution is 7.80. The highest BCUT2D eigenvalue weighted by atomic mass is 32.1. The maximum atomic E-state index is 12.6. The van der Waals surface area contributed by atoms with E-state index in [-0.39, 0.29) is 5.56 Å². The van der Waals surface area contributed by atoms with Gasteiger partial charge in [-0.2, -0.15) is 25.8 Å². The van der Waals surface area contributed by atoms with E-state index < -0.39 is 22.7 Å². The van der Waals surface area contributed by atoms with E-state index in [9.17, 15) is 18.3 Å². The van der Waals surface area contributed by atoms with Crippen molar-refractivity contribution in [3.8, 4) is 0 Å². The Morgan fingerprint density at radius 1 is 1.38 bits per heavy atom. The first kappa shape index (κ1) is 13.3. The van der Waals surface area contributed by atoms with E-state index in [1.807, 2.05) is 0 Å². The molecule has 16 heavy (non-hydrogen) atoms. The summed E-state index contributed by atoms with van der Waals surface area (Å²) < 4.78 is 37.9. The summed E-state index contributed by atoms with van der Waals surface area (Å²) in [6.07, 6.45) is -3.47. The predicted octanol–water partition coefficient (Wildman–Crippen LogP) is 2.84. The van der Waals surface area contributed by atoms with Crippen LogP contribution in [0.1, 0.15) is 30.4 Å². The number of aromatic nitrogens is 1. The smallest absolute Gasteiger partial charge is 0.389 e. The Balaban J connectivity index is 3.25. The molecule has 0 aliphatic carbocycles. The monoisotopic (exact) mass is 251 g/mol. The number of pyridine rings is 1. The van der Waals surface area contributed by atoms with Crippen LogP contribution in [0.4, 0.5) is 13.2 Å². The van der Waals surface area contributed by atoms with Crippen molar-refractivity contribution in [3.05, 3.63) is 29.6 Å². The first-order valence-electron chi connectivity index (χ1n) is 4.56. The van der Waals surface area contributed by atoms with Crippen LogP contribution in [0.25, 0.3) is 0 Å². The lowest BCUT2D eigenvalue weighted by molar-refractivity contribution is -0.142. The molecular weight excluding hydrogens is 239 g/mol. The quantitative estimate of drug-likeness (QED) is 0.792. The minimum absolute atomic E-state index is 0.120. The maximum absolute atomic E-state index is 12.6. The molecule has 1 rings (SSSR count). The average molecular weight is 251 g/mol. The molecule has 0 amide bonds. The molecule has 0 spiro atoms. The Bertz CT molecular complexity index is 373. The Kier molecular flexibility index (Phi) is 3.54. The number of rotatable bonds is 2. The van der Waals surface area contributed by atoms with Gasteiger partial charge in [-0.05, 0) is 25.5 Å². The number of thiol groups is 1. The molecule has 0 aromatic carbocycles. The van der Waals surface area contributed by atoms with Gasteiger partial charge in [-0.15, -0.1) is 0 Å². The molecule has 1 heterocycles. The summed E-state index contributed by atoms with van der Waals surface area (Å²) >= 11 is 4.01. The lowest BCUT2D eigenvalue weighted by Crippen LogP contribution is -2.27. The minimum Gasteiger partial charge on any atom is -0.389 e. The third kappa shape index (κ3) is 2.89. The zero-order valence-corrected chi connectivity index (χ0v) is 9.68. The number of hydrogen-bond acceptors (Lipinski definition) is 3. The van der Waals surface area contributed by atoms with Crippen LogP contribution in [0, 0.1) is 0 Å². The Labute approximate surface area is 96.9 Å². The summed E-state index contributed by atoms with van der Waals surface area (Å²) in [5.74, 6) is 0. The van der Waals surface area contributed by atoms with E-state index in [4.69, 9.17) is 0 Å². The molecule has 1 aromatic rings. The Morgan fingerprint density at radius 2 is 1.94 bits per heavy atom. The van der Waals surface area contributed by atoms with E-state index in [2.05, 4.69) is 17.6 Å². The van der Waals surface area contributed by atoms with Crippen molar-refractivity contribution in [1.29, 1.82) is 0 Å². The fourth-order valence-corrected chi connectivity index (χ4v) is 1.46. The third-order valence-corrected chi connectivity index (χ3v) is 2.98. The standard InChI is InChI=1S/C10H12F3NOS/c1-9(2,15)8(16)6-4-3-5-14-7(6)10(11,12)13/h3-5,8,15-16H,1-2H3/t8-/m0/s1. The molecule has 0 radical (unpaired) electrons. The van der Waals surface area contributed by atoms with Crippen molar-refractivity contribution in [2.45, 2.75) is 30.9 Å². The molecule has 2 nitrogen and oxygen atoms in total. The van der Waals surface area contributed by atoms with Gasteiger partial charge < -0.3 is 5.11 Å². The van der Waals surface area contributed by atoms with Gasteiger partial charge in [0.1, 0.15) is 5.69 Å². The normalized spacial score (nSPS) is 14.9. The molecule has 0 unspecified atom stereocenters. The molecular formula is C10H12F3NOS. The second-order valence-corrected chi connectivity index (χ2v) is 4.51. The molecule has 0 saturated heterocycles. The van der Waals surface area contributed by atoms with Gasteiger partial charge in [-0.3, -0.25) is 4.98 Å². The molecule has 0 bridgehead atoms. The van der Waals surface area contributed by atoms with Crippen LogP contribution in [-0.2, 0) is 6.18 Å². The topological polar surface area (TPSA) is 33.1 Å². The fraction of sp³-hybridized carbons (Fsp3) is 0.500. The zero-order valence-electron chi connectivity index (χ0n) is 8.78.